The number of hydrogen-bond donors (Lipinski definition) is 1. The number of aryl methyl sites for hydroxylation is 2. The Labute approximate surface area is 134 Å². The average molecular weight is 352 g/mol. The number of nitrogens with zero attached hydrogens (tertiary/aromatic N) is 2. The Morgan fingerprint density at radius 3 is 2.71 bits per heavy atom. The standard InChI is InChI=1S/C16H22BrN3O/c1-5-13-16(17)14(20(3)19-13)10-18-11(2)12-8-6-7-9-15(12)21-4/h6-9,11,18H,5,10H2,1-4H3/t11-/m0/s1. The maximum atomic E-state index is 5.42. The Morgan fingerprint density at radius 2 is 2.10 bits per heavy atom. The van der Waals surface area contributed by atoms with Gasteiger partial charge in [-0.15, -0.1) is 0 Å². The zero-order valence-electron chi connectivity index (χ0n) is 13.0. The molecule has 0 aliphatic rings. The molecule has 0 saturated carbocycles. The summed E-state index contributed by atoms with van der Waals surface area (Å²) in [7, 11) is 3.69. The zero-order chi connectivity index (χ0) is 15.4. The maximum absolute atomic E-state index is 5.42. The summed E-state index contributed by atoms with van der Waals surface area (Å²) in [5.74, 6) is 0.913. The minimum atomic E-state index is 0.202. The van der Waals surface area contributed by atoms with Gasteiger partial charge >= 0.3 is 0 Å². The molecule has 1 heterocycles. The third-order valence-corrected chi connectivity index (χ3v) is 4.60. The lowest BCUT2D eigenvalue weighted by atomic mass is 10.1. The average Bonchev–Trinajstić information content (AvgIpc) is 2.78. The summed E-state index contributed by atoms with van der Waals surface area (Å²) in [6.45, 7) is 5.01. The number of hydrogen-bond acceptors (Lipinski definition) is 3. The summed E-state index contributed by atoms with van der Waals surface area (Å²) in [4.78, 5) is 0. The number of nitrogens with one attached hydrogen (secondary N) is 1. The molecule has 2 aromatic rings. The largest absolute Gasteiger partial charge is 0.496 e. The summed E-state index contributed by atoms with van der Waals surface area (Å²) < 4.78 is 8.46. The summed E-state index contributed by atoms with van der Waals surface area (Å²) in [5.41, 5.74) is 3.42. The maximum Gasteiger partial charge on any atom is 0.123 e. The van der Waals surface area contributed by atoms with E-state index in [1.807, 2.05) is 29.9 Å². The molecule has 1 N–H and O–H groups in total. The molecule has 0 radical (unpaired) electrons. The third-order valence-electron chi connectivity index (χ3n) is 3.68. The molecular formula is C16H22BrN3O. The van der Waals surface area contributed by atoms with Crippen LogP contribution < -0.4 is 10.1 Å². The van der Waals surface area contributed by atoms with Crippen LogP contribution in [0.3, 0.4) is 0 Å². The van der Waals surface area contributed by atoms with Gasteiger partial charge in [-0.05, 0) is 35.3 Å². The number of halogens is 1. The lowest BCUT2D eigenvalue weighted by Crippen LogP contribution is -2.20. The van der Waals surface area contributed by atoms with Crippen LogP contribution in [0.4, 0.5) is 0 Å². The number of benzene rings is 1. The van der Waals surface area contributed by atoms with E-state index in [1.54, 1.807) is 7.11 Å². The van der Waals surface area contributed by atoms with Gasteiger partial charge in [0.05, 0.1) is 23.0 Å². The van der Waals surface area contributed by atoms with Gasteiger partial charge in [0.2, 0.25) is 0 Å². The third kappa shape index (κ3) is 3.47. The fourth-order valence-electron chi connectivity index (χ4n) is 2.40. The van der Waals surface area contributed by atoms with E-state index < -0.39 is 0 Å². The van der Waals surface area contributed by atoms with Crippen LogP contribution in [0.15, 0.2) is 28.7 Å². The number of rotatable bonds is 6. The highest BCUT2D eigenvalue weighted by atomic mass is 79.9. The second-order valence-corrected chi connectivity index (χ2v) is 5.82. The molecule has 0 saturated heterocycles. The quantitative estimate of drug-likeness (QED) is 0.863. The Kier molecular flexibility index (Phi) is 5.42. The Bertz CT molecular complexity index is 610. The van der Waals surface area contributed by atoms with Crippen molar-refractivity contribution < 1.29 is 4.74 Å². The van der Waals surface area contributed by atoms with Crippen molar-refractivity contribution in [3.63, 3.8) is 0 Å². The van der Waals surface area contributed by atoms with E-state index >= 15 is 0 Å². The van der Waals surface area contributed by atoms with Crippen LogP contribution >= 0.6 is 15.9 Å². The summed E-state index contributed by atoms with van der Waals surface area (Å²) in [6, 6.07) is 8.30. The van der Waals surface area contributed by atoms with E-state index in [0.29, 0.717) is 0 Å². The number of ether oxygens (including phenoxy) is 1. The van der Waals surface area contributed by atoms with E-state index in [0.717, 1.165) is 40.1 Å². The molecule has 0 bridgehead atoms. The van der Waals surface area contributed by atoms with Crippen molar-refractivity contribution in [2.45, 2.75) is 32.9 Å². The van der Waals surface area contributed by atoms with Crippen LogP contribution in [0.25, 0.3) is 0 Å². The van der Waals surface area contributed by atoms with Crippen LogP contribution in [0.1, 0.15) is 36.8 Å². The van der Waals surface area contributed by atoms with Crippen molar-refractivity contribution in [3.05, 3.63) is 45.7 Å². The molecule has 5 heteroatoms. The van der Waals surface area contributed by atoms with Gasteiger partial charge in [-0.2, -0.15) is 5.10 Å². The molecule has 114 valence electrons. The Balaban J connectivity index is 2.11. The number of para-hydroxylation sites is 1. The topological polar surface area (TPSA) is 39.1 Å². The van der Waals surface area contributed by atoms with Crippen molar-refractivity contribution in [2.75, 3.05) is 7.11 Å². The molecule has 0 aliphatic carbocycles. The first kappa shape index (κ1) is 16.0. The second-order valence-electron chi connectivity index (χ2n) is 5.03. The predicted molar refractivity (Wildman–Crippen MR) is 88.5 cm³/mol. The SMILES string of the molecule is CCc1nn(C)c(CN[C@@H](C)c2ccccc2OC)c1Br. The second kappa shape index (κ2) is 7.09. The van der Waals surface area contributed by atoms with Gasteiger partial charge in [-0.3, -0.25) is 4.68 Å². The lowest BCUT2D eigenvalue weighted by molar-refractivity contribution is 0.401. The Hall–Kier alpha value is -1.33. The van der Waals surface area contributed by atoms with Crippen molar-refractivity contribution in [3.8, 4) is 5.75 Å². The highest BCUT2D eigenvalue weighted by Gasteiger charge is 2.15. The molecule has 2 rings (SSSR count). The van der Waals surface area contributed by atoms with E-state index in [-0.39, 0.29) is 6.04 Å². The first-order valence-electron chi connectivity index (χ1n) is 7.15. The molecule has 1 atom stereocenters. The first-order valence-corrected chi connectivity index (χ1v) is 7.94. The molecular weight excluding hydrogens is 330 g/mol. The van der Waals surface area contributed by atoms with E-state index in [2.05, 4.69) is 46.3 Å². The van der Waals surface area contributed by atoms with Crippen LogP contribution in [-0.2, 0) is 20.0 Å². The van der Waals surface area contributed by atoms with Crippen molar-refractivity contribution in [1.82, 2.24) is 15.1 Å². The minimum Gasteiger partial charge on any atom is -0.496 e. The molecule has 4 nitrogen and oxygen atoms in total. The molecule has 0 amide bonds. The highest BCUT2D eigenvalue weighted by Crippen LogP contribution is 2.26. The molecule has 1 aromatic heterocycles. The van der Waals surface area contributed by atoms with Crippen LogP contribution in [0.5, 0.6) is 5.75 Å². The van der Waals surface area contributed by atoms with Gasteiger partial charge < -0.3 is 10.1 Å². The summed E-state index contributed by atoms with van der Waals surface area (Å²) in [6.07, 6.45) is 0.927. The van der Waals surface area contributed by atoms with Crippen molar-refractivity contribution in [1.29, 1.82) is 0 Å². The van der Waals surface area contributed by atoms with Crippen LogP contribution in [0, 0.1) is 0 Å². The molecule has 0 spiro atoms. The van der Waals surface area contributed by atoms with Crippen molar-refractivity contribution in [2.24, 2.45) is 7.05 Å². The molecule has 0 fully saturated rings. The van der Waals surface area contributed by atoms with Gasteiger partial charge in [0.25, 0.3) is 0 Å². The monoisotopic (exact) mass is 351 g/mol. The molecule has 0 unspecified atom stereocenters. The lowest BCUT2D eigenvalue weighted by Gasteiger charge is -2.17. The smallest absolute Gasteiger partial charge is 0.123 e. The van der Waals surface area contributed by atoms with Gasteiger partial charge in [-0.25, -0.2) is 0 Å². The number of aromatic nitrogens is 2. The molecule has 21 heavy (non-hydrogen) atoms. The van der Waals surface area contributed by atoms with Gasteiger partial charge in [-0.1, -0.05) is 25.1 Å². The van der Waals surface area contributed by atoms with E-state index in [1.165, 1.54) is 0 Å². The van der Waals surface area contributed by atoms with Crippen LogP contribution in [-0.4, -0.2) is 16.9 Å². The van der Waals surface area contributed by atoms with Crippen LogP contribution in [0.2, 0.25) is 0 Å². The fourth-order valence-corrected chi connectivity index (χ4v) is 3.15. The first-order chi connectivity index (χ1) is 10.1. The summed E-state index contributed by atoms with van der Waals surface area (Å²) in [5, 5.41) is 8.06. The Morgan fingerprint density at radius 1 is 1.38 bits per heavy atom. The predicted octanol–water partition coefficient (Wildman–Crippen LogP) is 3.60. The highest BCUT2D eigenvalue weighted by molar-refractivity contribution is 9.10. The van der Waals surface area contributed by atoms with Crippen molar-refractivity contribution >= 4 is 15.9 Å². The zero-order valence-corrected chi connectivity index (χ0v) is 14.6. The van der Waals surface area contributed by atoms with E-state index in [4.69, 9.17) is 4.74 Å². The molecule has 1 aromatic carbocycles. The minimum absolute atomic E-state index is 0.202. The van der Waals surface area contributed by atoms with Gasteiger partial charge in [0.1, 0.15) is 5.75 Å². The number of methoxy groups -OCH3 is 1. The van der Waals surface area contributed by atoms with Gasteiger partial charge in [0.15, 0.2) is 0 Å². The van der Waals surface area contributed by atoms with E-state index in [9.17, 15) is 0 Å². The normalized spacial score (nSPS) is 12.4. The summed E-state index contributed by atoms with van der Waals surface area (Å²) >= 11 is 3.65. The molecule has 0 aliphatic heterocycles. The van der Waals surface area contributed by atoms with Gasteiger partial charge in [0, 0.05) is 25.2 Å². The fraction of sp³-hybridized carbons (Fsp3) is 0.438.